The monoisotopic (exact) mass is 504 g/mol. The number of esters is 2. The van der Waals surface area contributed by atoms with Gasteiger partial charge in [0.2, 0.25) is 12.3 Å². The number of carbonyl (C=O) groups is 4. The smallest absolute Gasteiger partial charge is 0.356 e. The number of rotatable bonds is 10. The van der Waals surface area contributed by atoms with Crippen molar-refractivity contribution in [1.82, 2.24) is 4.90 Å². The van der Waals surface area contributed by atoms with E-state index in [0.717, 1.165) is 0 Å². The minimum atomic E-state index is -2.06. The molecule has 1 fully saturated rings. The molecule has 2 aromatic carbocycles. The average Bonchev–Trinajstić information content (AvgIpc) is 2.84. The first kappa shape index (κ1) is 25.6. The fraction of sp³-hybridized carbons (Fsp3) is 0.273. The van der Waals surface area contributed by atoms with Crippen molar-refractivity contribution in [2.24, 2.45) is 0 Å². The lowest BCUT2D eigenvalue weighted by Gasteiger charge is -2.46. The van der Waals surface area contributed by atoms with E-state index in [1.54, 1.807) is 30.3 Å². The van der Waals surface area contributed by atoms with Crippen molar-refractivity contribution in [2.75, 3.05) is 6.61 Å². The minimum Gasteiger partial charge on any atom is -0.482 e. The number of ether oxygens (including phenoxy) is 3. The van der Waals surface area contributed by atoms with E-state index in [9.17, 15) is 34.4 Å². The molecule has 1 saturated heterocycles. The summed E-state index contributed by atoms with van der Waals surface area (Å²) in [4.78, 5) is 59.4. The molecule has 1 amide bonds. The zero-order valence-corrected chi connectivity index (χ0v) is 19.1. The van der Waals surface area contributed by atoms with Gasteiger partial charge in [-0.25, -0.2) is 9.59 Å². The molecule has 0 aromatic heterocycles. The molecule has 1 aliphatic heterocycles. The molecule has 0 spiro atoms. The highest BCUT2D eigenvalue weighted by molar-refractivity contribution is 8.14. The van der Waals surface area contributed by atoms with Gasteiger partial charge in [0.15, 0.2) is 11.7 Å². The number of aliphatic hydroxyl groups excluding tert-OH is 1. The molecule has 1 aliphatic rings. The number of nitrogens with zero attached hydrogens (tertiary/aromatic N) is 2. The maximum Gasteiger partial charge on any atom is 0.356 e. The first-order valence-electron chi connectivity index (χ1n) is 10.1. The van der Waals surface area contributed by atoms with Crippen LogP contribution in [-0.2, 0) is 35.3 Å². The molecule has 13 heteroatoms. The molecule has 3 unspecified atom stereocenters. The van der Waals surface area contributed by atoms with Gasteiger partial charge in [-0.2, -0.15) is 0 Å². The van der Waals surface area contributed by atoms with Crippen LogP contribution in [0.25, 0.3) is 0 Å². The summed E-state index contributed by atoms with van der Waals surface area (Å²) in [6.45, 7) is 0.392. The average molecular weight is 504 g/mol. The fourth-order valence-electron chi connectivity index (χ4n) is 3.01. The molecule has 35 heavy (non-hydrogen) atoms. The summed E-state index contributed by atoms with van der Waals surface area (Å²) in [6, 6.07) is 13.6. The Morgan fingerprint density at radius 1 is 1.14 bits per heavy atom. The van der Waals surface area contributed by atoms with Crippen LogP contribution in [0.1, 0.15) is 12.5 Å². The largest absolute Gasteiger partial charge is 0.482 e. The van der Waals surface area contributed by atoms with Crippen LogP contribution < -0.4 is 4.74 Å². The quantitative estimate of drug-likeness (QED) is 0.215. The summed E-state index contributed by atoms with van der Waals surface area (Å²) in [5.41, 5.74) is 0.260. The summed E-state index contributed by atoms with van der Waals surface area (Å²) in [6.07, 6.45) is -3.47. The predicted octanol–water partition coefficient (Wildman–Crippen LogP) is 1.40. The highest BCUT2D eigenvalue weighted by Gasteiger charge is 2.55. The zero-order chi connectivity index (χ0) is 25.5. The van der Waals surface area contributed by atoms with Crippen LogP contribution in [0.3, 0.4) is 0 Å². The van der Waals surface area contributed by atoms with Crippen LogP contribution in [-0.4, -0.2) is 62.2 Å². The number of nitro groups is 1. The summed E-state index contributed by atoms with van der Waals surface area (Å²) in [5.74, 6) is -2.55. The van der Waals surface area contributed by atoms with Crippen LogP contribution in [0.5, 0.6) is 5.75 Å². The highest BCUT2D eigenvalue weighted by Crippen LogP contribution is 2.34. The van der Waals surface area contributed by atoms with Gasteiger partial charge in [0.05, 0.1) is 4.92 Å². The van der Waals surface area contributed by atoms with Crippen LogP contribution >= 0.6 is 11.8 Å². The lowest BCUT2D eigenvalue weighted by molar-refractivity contribution is -0.384. The van der Waals surface area contributed by atoms with E-state index >= 15 is 0 Å². The number of nitro benzene ring substituents is 1. The predicted molar refractivity (Wildman–Crippen MR) is 120 cm³/mol. The minimum absolute atomic E-state index is 0.148. The summed E-state index contributed by atoms with van der Waals surface area (Å²) >= 11 is 0.599. The number of benzene rings is 2. The Hall–Kier alpha value is -3.97. The lowest BCUT2D eigenvalue weighted by Crippen LogP contribution is -2.69. The third-order valence-corrected chi connectivity index (χ3v) is 5.73. The maximum absolute atomic E-state index is 12.5. The van der Waals surface area contributed by atoms with Crippen LogP contribution in [0.4, 0.5) is 5.69 Å². The third kappa shape index (κ3) is 6.55. The third-order valence-electron chi connectivity index (χ3n) is 4.68. The number of para-hydroxylation sites is 1. The fourth-order valence-corrected chi connectivity index (χ4v) is 3.97. The number of carbonyl (C=O) groups excluding carboxylic acids is 4. The van der Waals surface area contributed by atoms with Crippen molar-refractivity contribution in [2.45, 2.75) is 31.2 Å². The van der Waals surface area contributed by atoms with Crippen molar-refractivity contribution in [1.29, 1.82) is 0 Å². The Kier molecular flexibility index (Phi) is 8.39. The highest BCUT2D eigenvalue weighted by atomic mass is 32.2. The van der Waals surface area contributed by atoms with Gasteiger partial charge in [0.1, 0.15) is 17.7 Å². The number of thioether (sulfide) groups is 1. The number of aliphatic hydroxyl groups is 1. The van der Waals surface area contributed by atoms with Gasteiger partial charge in [-0.1, -0.05) is 30.0 Å². The van der Waals surface area contributed by atoms with Crippen LogP contribution in [0, 0.1) is 10.1 Å². The molecule has 2 aromatic rings. The standard InChI is InChI=1S/C22H20N2O10S/c1-13(25)35-21-18(34-17(26)12-32-16-5-3-2-4-6-16)19(27)23(21)20(28)22(29)33-11-14-7-9-15(10-8-14)24(30)31/h2-10,18,20-21,28H,11-12H2,1H3. The number of amides is 1. The Morgan fingerprint density at radius 3 is 2.40 bits per heavy atom. The molecule has 0 aliphatic carbocycles. The van der Waals surface area contributed by atoms with Crippen LogP contribution in [0.2, 0.25) is 0 Å². The molecule has 3 rings (SSSR count). The van der Waals surface area contributed by atoms with E-state index in [-0.39, 0.29) is 12.3 Å². The summed E-state index contributed by atoms with van der Waals surface area (Å²) < 4.78 is 15.3. The Morgan fingerprint density at radius 2 is 1.80 bits per heavy atom. The summed E-state index contributed by atoms with van der Waals surface area (Å²) in [7, 11) is 0. The molecular formula is C22H20N2O10S. The molecule has 0 radical (unpaired) electrons. The number of likely N-dealkylation sites (tertiary alicyclic amines) is 1. The molecule has 1 heterocycles. The van der Waals surface area contributed by atoms with Gasteiger partial charge < -0.3 is 19.3 Å². The topological polar surface area (TPSA) is 163 Å². The van der Waals surface area contributed by atoms with Gasteiger partial charge in [0.25, 0.3) is 11.6 Å². The number of hydrogen-bond donors (Lipinski definition) is 1. The van der Waals surface area contributed by atoms with E-state index in [0.29, 0.717) is 28.0 Å². The molecule has 0 bridgehead atoms. The second-order valence-corrected chi connectivity index (χ2v) is 8.46. The Bertz CT molecular complexity index is 1110. The number of hydrogen-bond acceptors (Lipinski definition) is 11. The van der Waals surface area contributed by atoms with Crippen molar-refractivity contribution < 1.29 is 43.4 Å². The molecule has 12 nitrogen and oxygen atoms in total. The van der Waals surface area contributed by atoms with Crippen molar-refractivity contribution in [3.05, 3.63) is 70.3 Å². The zero-order valence-electron chi connectivity index (χ0n) is 18.3. The molecule has 0 saturated carbocycles. The van der Waals surface area contributed by atoms with Crippen LogP contribution in [0.15, 0.2) is 54.6 Å². The first-order chi connectivity index (χ1) is 16.7. The van der Waals surface area contributed by atoms with Gasteiger partial charge >= 0.3 is 11.9 Å². The SMILES string of the molecule is CC(=O)SC1C(OC(=O)COc2ccccc2)C(=O)N1C(O)C(=O)OCc1ccc([N+](=O)[O-])cc1. The van der Waals surface area contributed by atoms with E-state index in [4.69, 9.17) is 14.2 Å². The normalized spacial score (nSPS) is 17.7. The van der Waals surface area contributed by atoms with Crippen molar-refractivity contribution in [3.8, 4) is 5.75 Å². The lowest BCUT2D eigenvalue weighted by atomic mass is 10.1. The Balaban J connectivity index is 1.57. The maximum atomic E-state index is 12.5. The van der Waals surface area contributed by atoms with Gasteiger partial charge in [-0.3, -0.25) is 24.6 Å². The summed E-state index contributed by atoms with van der Waals surface area (Å²) in [5, 5.41) is 19.4. The van der Waals surface area contributed by atoms with Crippen molar-refractivity contribution in [3.63, 3.8) is 0 Å². The van der Waals surface area contributed by atoms with E-state index in [1.165, 1.54) is 31.2 Å². The molecular weight excluding hydrogens is 484 g/mol. The second-order valence-electron chi connectivity index (χ2n) is 7.16. The number of β-lactam (4-membered cyclic amide) rings is 1. The molecule has 3 atom stereocenters. The second kappa shape index (κ2) is 11.4. The number of non-ortho nitro benzene ring substituents is 1. The first-order valence-corrected chi connectivity index (χ1v) is 11.0. The Labute approximate surface area is 202 Å². The van der Waals surface area contributed by atoms with Gasteiger partial charge in [-0.05, 0) is 29.8 Å². The molecule has 184 valence electrons. The van der Waals surface area contributed by atoms with E-state index in [2.05, 4.69) is 0 Å². The van der Waals surface area contributed by atoms with E-state index < -0.39 is 52.2 Å². The van der Waals surface area contributed by atoms with Gasteiger partial charge in [0, 0.05) is 19.1 Å². The molecule has 1 N–H and O–H groups in total. The van der Waals surface area contributed by atoms with E-state index in [1.807, 2.05) is 0 Å². The van der Waals surface area contributed by atoms with Gasteiger partial charge in [-0.15, -0.1) is 0 Å². The van der Waals surface area contributed by atoms with Crippen molar-refractivity contribution >= 4 is 40.4 Å².